The van der Waals surface area contributed by atoms with Crippen LogP contribution in [0.4, 0.5) is 4.79 Å². The number of carbonyl (C=O) groups excluding carboxylic acids is 5. The molecule has 2 aromatic rings. The van der Waals surface area contributed by atoms with Crippen molar-refractivity contribution in [3.8, 4) is 0 Å². The van der Waals surface area contributed by atoms with Gasteiger partial charge in [-0.25, -0.2) is 9.59 Å². The van der Waals surface area contributed by atoms with Crippen LogP contribution < -0.4 is 21.3 Å². The molecule has 3 rings (SSSR count). The summed E-state index contributed by atoms with van der Waals surface area (Å²) in [6.45, 7) is 6.32. The van der Waals surface area contributed by atoms with Gasteiger partial charge >= 0.3 is 12.1 Å². The van der Waals surface area contributed by atoms with E-state index in [9.17, 15) is 24.0 Å². The number of rotatable bonds is 16. The summed E-state index contributed by atoms with van der Waals surface area (Å²) in [5.74, 6) is -1.99. The Morgan fingerprint density at radius 3 is 2.13 bits per heavy atom. The highest BCUT2D eigenvalue weighted by molar-refractivity contribution is 5.92. The van der Waals surface area contributed by atoms with Crippen molar-refractivity contribution in [3.63, 3.8) is 0 Å². The van der Waals surface area contributed by atoms with E-state index in [1.165, 1.54) is 12.2 Å². The van der Waals surface area contributed by atoms with Crippen LogP contribution in [0.1, 0.15) is 51.2 Å². The number of ether oxygens (including phenoxy) is 2. The van der Waals surface area contributed by atoms with Crippen LogP contribution in [0.15, 0.2) is 72.8 Å². The molecule has 45 heavy (non-hydrogen) atoms. The van der Waals surface area contributed by atoms with Gasteiger partial charge in [0, 0.05) is 31.0 Å². The molecule has 4 N–H and O–H groups in total. The molecule has 0 spiro atoms. The zero-order chi connectivity index (χ0) is 32.6. The number of hydrogen-bond acceptors (Lipinski definition) is 7. The van der Waals surface area contributed by atoms with Crippen molar-refractivity contribution in [2.75, 3.05) is 13.2 Å². The van der Waals surface area contributed by atoms with Gasteiger partial charge in [0.25, 0.3) is 0 Å². The average Bonchev–Trinajstić information content (AvgIpc) is 3.42. The van der Waals surface area contributed by atoms with Gasteiger partial charge in [0.1, 0.15) is 18.7 Å². The Bertz CT molecular complexity index is 1300. The smallest absolute Gasteiger partial charge is 0.408 e. The van der Waals surface area contributed by atoms with Crippen LogP contribution in [0.5, 0.6) is 0 Å². The summed E-state index contributed by atoms with van der Waals surface area (Å²) in [7, 11) is 0. The van der Waals surface area contributed by atoms with Crippen molar-refractivity contribution in [2.24, 2.45) is 11.8 Å². The first-order valence-electron chi connectivity index (χ1n) is 15.4. The molecule has 11 nitrogen and oxygen atoms in total. The van der Waals surface area contributed by atoms with E-state index in [4.69, 9.17) is 9.47 Å². The van der Waals surface area contributed by atoms with Crippen LogP contribution in [-0.4, -0.2) is 61.1 Å². The Balaban J connectivity index is 1.74. The summed E-state index contributed by atoms with van der Waals surface area (Å²) in [6, 6.07) is 15.7. The lowest BCUT2D eigenvalue weighted by atomic mass is 9.96. The van der Waals surface area contributed by atoms with E-state index in [-0.39, 0.29) is 43.8 Å². The van der Waals surface area contributed by atoms with E-state index in [0.717, 1.165) is 11.1 Å². The molecule has 1 aliphatic rings. The first kappa shape index (κ1) is 34.8. The Hall–Kier alpha value is -4.67. The third-order valence-corrected chi connectivity index (χ3v) is 7.22. The lowest BCUT2D eigenvalue weighted by molar-refractivity contribution is -0.137. The fourth-order valence-corrected chi connectivity index (χ4v) is 4.97. The first-order chi connectivity index (χ1) is 21.6. The molecule has 1 heterocycles. The van der Waals surface area contributed by atoms with E-state index in [0.29, 0.717) is 19.4 Å². The fourth-order valence-electron chi connectivity index (χ4n) is 4.97. The maximum absolute atomic E-state index is 13.7. The zero-order valence-corrected chi connectivity index (χ0v) is 26.1. The number of esters is 1. The molecule has 0 radical (unpaired) electrons. The summed E-state index contributed by atoms with van der Waals surface area (Å²) in [4.78, 5) is 64.3. The van der Waals surface area contributed by atoms with Crippen molar-refractivity contribution < 1.29 is 33.4 Å². The quantitative estimate of drug-likeness (QED) is 0.166. The molecular weight excluding hydrogens is 576 g/mol. The van der Waals surface area contributed by atoms with Gasteiger partial charge in [-0.15, -0.1) is 0 Å². The Morgan fingerprint density at radius 1 is 0.889 bits per heavy atom. The second-order valence-electron chi connectivity index (χ2n) is 11.4. The van der Waals surface area contributed by atoms with Gasteiger partial charge in [0.2, 0.25) is 17.7 Å². The summed E-state index contributed by atoms with van der Waals surface area (Å²) >= 11 is 0. The minimum atomic E-state index is -1.03. The van der Waals surface area contributed by atoms with Gasteiger partial charge in [0.05, 0.1) is 6.61 Å². The highest BCUT2D eigenvalue weighted by Gasteiger charge is 2.31. The SMILES string of the molecule is CCOC(=O)C=C[C@H](C[C@@H]1CCNC1=O)NC(=O)[C@H](CC(C)C)NC(=O)[C@H](Cc1ccccc1)NC(=O)OCc1ccccc1. The molecule has 0 unspecified atom stereocenters. The van der Waals surface area contributed by atoms with E-state index in [1.54, 1.807) is 6.92 Å². The largest absolute Gasteiger partial charge is 0.463 e. The third kappa shape index (κ3) is 12.5. The highest BCUT2D eigenvalue weighted by atomic mass is 16.5. The van der Waals surface area contributed by atoms with Gasteiger partial charge in [0.15, 0.2) is 0 Å². The number of nitrogens with one attached hydrogen (secondary N) is 4. The molecule has 1 fully saturated rings. The van der Waals surface area contributed by atoms with E-state index in [2.05, 4.69) is 21.3 Å². The predicted molar refractivity (Wildman–Crippen MR) is 169 cm³/mol. The van der Waals surface area contributed by atoms with Crippen molar-refractivity contribution in [1.29, 1.82) is 0 Å². The van der Waals surface area contributed by atoms with E-state index in [1.807, 2.05) is 74.5 Å². The highest BCUT2D eigenvalue weighted by Crippen LogP contribution is 2.18. The van der Waals surface area contributed by atoms with Gasteiger partial charge in [-0.05, 0) is 43.2 Å². The average molecular weight is 621 g/mol. The van der Waals surface area contributed by atoms with E-state index >= 15 is 0 Å². The number of amides is 4. The molecule has 242 valence electrons. The number of benzene rings is 2. The Labute approximate surface area is 264 Å². The Morgan fingerprint density at radius 2 is 1.53 bits per heavy atom. The molecule has 0 aromatic heterocycles. The van der Waals surface area contributed by atoms with Crippen molar-refractivity contribution >= 4 is 29.8 Å². The normalized spacial score (nSPS) is 16.4. The third-order valence-electron chi connectivity index (χ3n) is 7.22. The molecule has 1 aliphatic heterocycles. The molecule has 4 atom stereocenters. The van der Waals surface area contributed by atoms with Crippen LogP contribution in [0, 0.1) is 11.8 Å². The molecule has 1 saturated heterocycles. The lowest BCUT2D eigenvalue weighted by Gasteiger charge is -2.26. The standard InChI is InChI=1S/C34H44N4O7/c1-4-44-30(39)16-15-27(21-26-17-18-35-31(26)40)36-32(41)28(19-23(2)3)37-33(42)29(20-24-11-7-5-8-12-24)38-34(43)45-22-25-13-9-6-10-14-25/h5-16,23,26-29H,4,17-22H2,1-3H3,(H,35,40)(H,36,41)(H,37,42)(H,38,43)/t26-,27+,28-,29-/m0/s1. The van der Waals surface area contributed by atoms with Crippen LogP contribution in [0.25, 0.3) is 0 Å². The summed E-state index contributed by atoms with van der Waals surface area (Å²) in [5, 5.41) is 11.2. The molecule has 0 bridgehead atoms. The van der Waals surface area contributed by atoms with Gasteiger partial charge in [-0.2, -0.15) is 0 Å². The molecule has 0 saturated carbocycles. The Kier molecular flexibility index (Phi) is 14.1. The second-order valence-corrected chi connectivity index (χ2v) is 11.4. The van der Waals surface area contributed by atoms with Crippen molar-refractivity contribution in [2.45, 2.75) is 71.2 Å². The monoisotopic (exact) mass is 620 g/mol. The predicted octanol–water partition coefficient (Wildman–Crippen LogP) is 3.19. The summed E-state index contributed by atoms with van der Waals surface area (Å²) in [6.07, 6.45) is 3.35. The second kappa shape index (κ2) is 18.2. The topological polar surface area (TPSA) is 152 Å². The maximum atomic E-state index is 13.7. The van der Waals surface area contributed by atoms with Crippen molar-refractivity contribution in [3.05, 3.63) is 83.9 Å². The minimum absolute atomic E-state index is 0.0322. The molecule has 2 aromatic carbocycles. The zero-order valence-electron chi connectivity index (χ0n) is 26.1. The van der Waals surface area contributed by atoms with Crippen LogP contribution in [0.2, 0.25) is 0 Å². The molecule has 11 heteroatoms. The lowest BCUT2D eigenvalue weighted by Crippen LogP contribution is -2.55. The number of hydrogen-bond donors (Lipinski definition) is 4. The first-order valence-corrected chi connectivity index (χ1v) is 15.4. The summed E-state index contributed by atoms with van der Waals surface area (Å²) in [5.41, 5.74) is 1.61. The van der Waals surface area contributed by atoms with Gasteiger partial charge < -0.3 is 30.7 Å². The van der Waals surface area contributed by atoms with Gasteiger partial charge in [-0.3, -0.25) is 14.4 Å². The number of alkyl carbamates (subject to hydrolysis) is 1. The van der Waals surface area contributed by atoms with Crippen LogP contribution >= 0.6 is 0 Å². The minimum Gasteiger partial charge on any atom is -0.463 e. The van der Waals surface area contributed by atoms with Crippen LogP contribution in [0.3, 0.4) is 0 Å². The number of carbonyl (C=O) groups is 5. The molecule has 0 aliphatic carbocycles. The van der Waals surface area contributed by atoms with Crippen molar-refractivity contribution in [1.82, 2.24) is 21.3 Å². The van der Waals surface area contributed by atoms with Gasteiger partial charge in [-0.1, -0.05) is 80.6 Å². The molecular formula is C34H44N4O7. The van der Waals surface area contributed by atoms with Crippen LogP contribution in [-0.2, 0) is 41.7 Å². The summed E-state index contributed by atoms with van der Waals surface area (Å²) < 4.78 is 10.3. The molecule has 4 amide bonds. The fraction of sp³-hybridized carbons (Fsp3) is 0.441. The van der Waals surface area contributed by atoms with E-state index < -0.39 is 42.0 Å². The maximum Gasteiger partial charge on any atom is 0.408 e.